The highest BCUT2D eigenvalue weighted by Gasteiger charge is 2.29. The van der Waals surface area contributed by atoms with E-state index in [4.69, 9.17) is 23.2 Å². The van der Waals surface area contributed by atoms with Gasteiger partial charge in [-0.25, -0.2) is 0 Å². The third-order valence-electron chi connectivity index (χ3n) is 5.01. The fourth-order valence-corrected chi connectivity index (χ4v) is 4.00. The van der Waals surface area contributed by atoms with Crippen LogP contribution in [0.25, 0.3) is 5.57 Å². The van der Waals surface area contributed by atoms with E-state index in [1.165, 1.54) is 22.3 Å². The summed E-state index contributed by atoms with van der Waals surface area (Å²) in [4.78, 5) is 2.31. The van der Waals surface area contributed by atoms with E-state index in [0.29, 0.717) is 22.0 Å². The molecule has 0 saturated carbocycles. The van der Waals surface area contributed by atoms with Crippen LogP contribution in [0.2, 0.25) is 10.0 Å². The second kappa shape index (κ2) is 6.92. The lowest BCUT2D eigenvalue weighted by Crippen LogP contribution is -2.26. The minimum Gasteiger partial charge on any atom is -0.302 e. The monoisotopic (exact) mass is 359 g/mol. The lowest BCUT2D eigenvalue weighted by Gasteiger charge is -2.36. The maximum absolute atomic E-state index is 6.25. The van der Waals surface area contributed by atoms with Gasteiger partial charge in [0.05, 0.1) is 10.0 Å². The normalized spacial score (nSPS) is 20.1. The van der Waals surface area contributed by atoms with Crippen LogP contribution in [0.15, 0.2) is 43.0 Å². The third kappa shape index (κ3) is 3.26. The fourth-order valence-electron chi connectivity index (χ4n) is 3.69. The maximum Gasteiger partial charge on any atom is 0.0595 e. The van der Waals surface area contributed by atoms with Crippen LogP contribution in [0.4, 0.5) is 0 Å². The number of allylic oxidation sites excluding steroid dienone is 1. The lowest BCUT2D eigenvalue weighted by molar-refractivity contribution is 0.262. The zero-order valence-electron chi connectivity index (χ0n) is 14.4. The van der Waals surface area contributed by atoms with Gasteiger partial charge >= 0.3 is 0 Å². The molecule has 126 valence electrons. The Labute approximate surface area is 154 Å². The van der Waals surface area contributed by atoms with Crippen molar-refractivity contribution >= 4 is 28.8 Å². The van der Waals surface area contributed by atoms with Crippen molar-refractivity contribution in [3.63, 3.8) is 0 Å². The molecule has 0 spiro atoms. The van der Waals surface area contributed by atoms with E-state index in [0.717, 1.165) is 18.4 Å². The zero-order valence-corrected chi connectivity index (χ0v) is 16.0. The van der Waals surface area contributed by atoms with E-state index in [1.807, 2.05) is 12.1 Å². The van der Waals surface area contributed by atoms with E-state index in [9.17, 15) is 0 Å². The molecule has 2 atom stereocenters. The average molecular weight is 360 g/mol. The molecule has 2 aromatic carbocycles. The number of rotatable bonds is 3. The van der Waals surface area contributed by atoms with Gasteiger partial charge in [0.25, 0.3) is 0 Å². The summed E-state index contributed by atoms with van der Waals surface area (Å²) in [5, 5.41) is 1.24. The van der Waals surface area contributed by atoms with Crippen LogP contribution in [-0.4, -0.2) is 19.0 Å². The Morgan fingerprint density at radius 3 is 2.38 bits per heavy atom. The van der Waals surface area contributed by atoms with Crippen molar-refractivity contribution in [2.24, 2.45) is 0 Å². The van der Waals surface area contributed by atoms with Crippen molar-refractivity contribution in [1.29, 1.82) is 0 Å². The SMILES string of the molecule is C=C(C)c1ccc2c(c1)C(N(C)C)CCC2c1ccc(Cl)c(Cl)c1. The van der Waals surface area contributed by atoms with Gasteiger partial charge in [-0.05, 0) is 74.3 Å². The average Bonchev–Trinajstić information content (AvgIpc) is 2.55. The molecule has 0 bridgehead atoms. The molecule has 1 aliphatic carbocycles. The molecule has 0 aromatic heterocycles. The molecule has 0 radical (unpaired) electrons. The maximum atomic E-state index is 6.25. The van der Waals surface area contributed by atoms with Crippen LogP contribution in [-0.2, 0) is 0 Å². The van der Waals surface area contributed by atoms with Gasteiger partial charge in [-0.15, -0.1) is 0 Å². The number of nitrogens with zero attached hydrogens (tertiary/aromatic N) is 1. The van der Waals surface area contributed by atoms with Gasteiger partial charge < -0.3 is 4.90 Å². The van der Waals surface area contributed by atoms with E-state index in [2.05, 4.69) is 56.8 Å². The Morgan fingerprint density at radius 2 is 1.75 bits per heavy atom. The summed E-state index contributed by atoms with van der Waals surface area (Å²) < 4.78 is 0. The molecular formula is C21H23Cl2N. The van der Waals surface area contributed by atoms with Crippen LogP contribution in [0, 0.1) is 0 Å². The smallest absolute Gasteiger partial charge is 0.0595 e. The van der Waals surface area contributed by atoms with Gasteiger partial charge in [-0.2, -0.15) is 0 Å². The number of hydrogen-bond acceptors (Lipinski definition) is 1. The topological polar surface area (TPSA) is 3.24 Å². The van der Waals surface area contributed by atoms with E-state index in [1.54, 1.807) is 0 Å². The lowest BCUT2D eigenvalue weighted by atomic mass is 9.75. The summed E-state index contributed by atoms with van der Waals surface area (Å²) in [6.07, 6.45) is 2.24. The predicted octanol–water partition coefficient (Wildman–Crippen LogP) is 6.55. The van der Waals surface area contributed by atoms with Gasteiger partial charge in [-0.3, -0.25) is 0 Å². The first-order valence-corrected chi connectivity index (χ1v) is 9.05. The molecule has 0 amide bonds. The summed E-state index contributed by atoms with van der Waals surface area (Å²) in [6.45, 7) is 6.16. The highest BCUT2D eigenvalue weighted by molar-refractivity contribution is 6.42. The van der Waals surface area contributed by atoms with Crippen LogP contribution in [0.3, 0.4) is 0 Å². The molecule has 0 saturated heterocycles. The minimum absolute atomic E-state index is 0.366. The van der Waals surface area contributed by atoms with Crippen molar-refractivity contribution in [2.45, 2.75) is 31.7 Å². The summed E-state index contributed by atoms with van der Waals surface area (Å²) in [5.74, 6) is 0.366. The highest BCUT2D eigenvalue weighted by Crippen LogP contribution is 2.44. The second-order valence-electron chi connectivity index (χ2n) is 6.91. The van der Waals surface area contributed by atoms with Crippen LogP contribution in [0.1, 0.15) is 54.0 Å². The van der Waals surface area contributed by atoms with Crippen molar-refractivity contribution in [3.8, 4) is 0 Å². The number of halogens is 2. The molecule has 3 heteroatoms. The fraction of sp³-hybridized carbons (Fsp3) is 0.333. The molecule has 24 heavy (non-hydrogen) atoms. The Hall–Kier alpha value is -1.28. The van der Waals surface area contributed by atoms with Crippen molar-refractivity contribution in [2.75, 3.05) is 14.1 Å². The van der Waals surface area contributed by atoms with Gasteiger partial charge in [0, 0.05) is 12.0 Å². The summed E-state index contributed by atoms with van der Waals surface area (Å²) >= 11 is 12.3. The standard InChI is InChI=1S/C21H23Cl2N/c1-13(2)14-5-7-17-16(15-6-9-19(22)20(23)12-15)8-10-21(24(3)4)18(17)11-14/h5-7,9,11-12,16,21H,1,8,10H2,2-4H3. The quantitative estimate of drug-likeness (QED) is 0.599. The molecular weight excluding hydrogens is 337 g/mol. The van der Waals surface area contributed by atoms with E-state index >= 15 is 0 Å². The van der Waals surface area contributed by atoms with Crippen molar-refractivity contribution in [1.82, 2.24) is 4.90 Å². The molecule has 1 aliphatic rings. The Kier molecular flexibility index (Phi) is 5.05. The molecule has 0 fully saturated rings. The van der Waals surface area contributed by atoms with Crippen LogP contribution >= 0.6 is 23.2 Å². The van der Waals surface area contributed by atoms with Crippen LogP contribution in [0.5, 0.6) is 0 Å². The van der Waals surface area contributed by atoms with Crippen molar-refractivity contribution < 1.29 is 0 Å². The molecule has 1 nitrogen and oxygen atoms in total. The summed E-state index contributed by atoms with van der Waals surface area (Å²) in [7, 11) is 4.31. The van der Waals surface area contributed by atoms with Gasteiger partial charge in [0.2, 0.25) is 0 Å². The van der Waals surface area contributed by atoms with Crippen LogP contribution < -0.4 is 0 Å². The number of benzene rings is 2. The molecule has 0 heterocycles. The van der Waals surface area contributed by atoms with Crippen molar-refractivity contribution in [3.05, 3.63) is 75.3 Å². The first-order valence-electron chi connectivity index (χ1n) is 8.29. The van der Waals surface area contributed by atoms with E-state index in [-0.39, 0.29) is 0 Å². The van der Waals surface area contributed by atoms with Gasteiger partial charge in [0.1, 0.15) is 0 Å². The van der Waals surface area contributed by atoms with Gasteiger partial charge in [0.15, 0.2) is 0 Å². The zero-order chi connectivity index (χ0) is 17.4. The summed E-state index contributed by atoms with van der Waals surface area (Å²) in [5.41, 5.74) is 6.36. The second-order valence-corrected chi connectivity index (χ2v) is 7.72. The van der Waals surface area contributed by atoms with E-state index < -0.39 is 0 Å². The van der Waals surface area contributed by atoms with Gasteiger partial charge in [-0.1, -0.05) is 53.6 Å². The Morgan fingerprint density at radius 1 is 1.00 bits per heavy atom. The first kappa shape index (κ1) is 17.5. The number of fused-ring (bicyclic) bond motifs is 1. The Balaban J connectivity index is 2.10. The molecule has 2 unspecified atom stereocenters. The first-order chi connectivity index (χ1) is 11.4. The molecule has 0 aliphatic heterocycles. The summed E-state index contributed by atoms with van der Waals surface area (Å²) in [6, 6.07) is 13.2. The molecule has 0 N–H and O–H groups in total. The number of hydrogen-bond donors (Lipinski definition) is 0. The predicted molar refractivity (Wildman–Crippen MR) is 105 cm³/mol. The Bertz CT molecular complexity index is 779. The largest absolute Gasteiger partial charge is 0.302 e. The minimum atomic E-state index is 0.366. The molecule has 2 aromatic rings. The third-order valence-corrected chi connectivity index (χ3v) is 5.75. The molecule has 3 rings (SSSR count). The highest BCUT2D eigenvalue weighted by atomic mass is 35.5.